The van der Waals surface area contributed by atoms with Crippen LogP contribution in [0.4, 0.5) is 34.1 Å². The molecule has 75 heavy (non-hydrogen) atoms. The van der Waals surface area contributed by atoms with Crippen LogP contribution in [0.3, 0.4) is 0 Å². The number of hydrogen-bond donors (Lipinski definition) is 0. The summed E-state index contributed by atoms with van der Waals surface area (Å²) in [6.45, 7) is 0. The van der Waals surface area contributed by atoms with Gasteiger partial charge in [0.05, 0.1) is 16.8 Å². The zero-order chi connectivity index (χ0) is 49.5. The second kappa shape index (κ2) is 17.1. The third-order valence-corrected chi connectivity index (χ3v) is 15.5. The largest absolute Gasteiger partial charge is 0.455 e. The fourth-order valence-corrected chi connectivity index (χ4v) is 12.3. The van der Waals surface area contributed by atoms with Crippen molar-refractivity contribution in [2.24, 2.45) is 0 Å². The SMILES string of the molecule is c1ccc(N(c2ccccc2)c2cccc3c2-c2cccc4ccc(N(c5ccc(-c6cccc7c6oc6ccccc67)cc5)c5ccc6c(c5)C(c5ccccc5)(c5ccccc5)c5ccccc5-6)c(c24)O3)cc1. The first-order chi connectivity index (χ1) is 37.2. The van der Waals surface area contributed by atoms with E-state index >= 15 is 0 Å². The quantitative estimate of drug-likeness (QED) is 0.144. The fourth-order valence-electron chi connectivity index (χ4n) is 12.3. The summed E-state index contributed by atoms with van der Waals surface area (Å²) in [5, 5.41) is 4.38. The molecule has 0 N–H and O–H groups in total. The van der Waals surface area contributed by atoms with E-state index in [0.717, 1.165) is 101 Å². The Bertz CT molecular complexity index is 4240. The maximum atomic E-state index is 7.48. The van der Waals surface area contributed by atoms with E-state index in [1.165, 1.54) is 33.4 Å². The minimum absolute atomic E-state index is 0.592. The first kappa shape index (κ1) is 42.8. The highest BCUT2D eigenvalue weighted by molar-refractivity contribution is 6.12. The molecule has 0 unspecified atom stereocenters. The van der Waals surface area contributed by atoms with Gasteiger partial charge in [-0.3, -0.25) is 0 Å². The van der Waals surface area contributed by atoms with E-state index in [1.54, 1.807) is 0 Å². The monoisotopic (exact) mass is 958 g/mol. The van der Waals surface area contributed by atoms with Gasteiger partial charge in [0, 0.05) is 50.0 Å². The van der Waals surface area contributed by atoms with Crippen LogP contribution in [0.1, 0.15) is 22.3 Å². The van der Waals surface area contributed by atoms with Crippen LogP contribution in [0.25, 0.3) is 66.1 Å². The van der Waals surface area contributed by atoms with Crippen LogP contribution in [-0.2, 0) is 5.41 Å². The lowest BCUT2D eigenvalue weighted by molar-refractivity contribution is 0.488. The van der Waals surface area contributed by atoms with Crippen LogP contribution in [0.15, 0.2) is 283 Å². The summed E-state index contributed by atoms with van der Waals surface area (Å²) in [5.41, 5.74) is 19.0. The highest BCUT2D eigenvalue weighted by atomic mass is 16.5. The summed E-state index contributed by atoms with van der Waals surface area (Å²) in [6.07, 6.45) is 0. The number of nitrogens with zero attached hydrogens (tertiary/aromatic N) is 2. The summed E-state index contributed by atoms with van der Waals surface area (Å²) < 4.78 is 14.1. The van der Waals surface area contributed by atoms with Crippen LogP contribution < -0.4 is 14.5 Å². The maximum Gasteiger partial charge on any atom is 0.159 e. The van der Waals surface area contributed by atoms with Crippen LogP contribution in [0, 0.1) is 0 Å². The Kier molecular flexibility index (Phi) is 9.76. The molecule has 1 aliphatic carbocycles. The number of fused-ring (bicyclic) bond motifs is 8. The summed E-state index contributed by atoms with van der Waals surface area (Å²) in [4.78, 5) is 4.74. The molecule has 15 rings (SSSR count). The molecular weight excluding hydrogens is 913 g/mol. The van der Waals surface area contributed by atoms with Gasteiger partial charge in [-0.25, -0.2) is 0 Å². The maximum absolute atomic E-state index is 7.48. The zero-order valence-electron chi connectivity index (χ0n) is 40.8. The van der Waals surface area contributed by atoms with Gasteiger partial charge in [0.2, 0.25) is 0 Å². The molecule has 0 amide bonds. The van der Waals surface area contributed by atoms with E-state index in [1.807, 2.05) is 12.1 Å². The molecule has 0 saturated carbocycles. The molecule has 0 fully saturated rings. The van der Waals surface area contributed by atoms with E-state index in [4.69, 9.17) is 9.15 Å². The Hall–Kier alpha value is -9.90. The summed E-state index contributed by atoms with van der Waals surface area (Å²) in [5.74, 6) is 1.60. The van der Waals surface area contributed by atoms with Crippen LogP contribution in [0.2, 0.25) is 0 Å². The van der Waals surface area contributed by atoms with Gasteiger partial charge in [0.15, 0.2) is 5.75 Å². The van der Waals surface area contributed by atoms with Crippen molar-refractivity contribution in [1.82, 2.24) is 0 Å². The van der Waals surface area contributed by atoms with Gasteiger partial charge in [-0.15, -0.1) is 0 Å². The number of ether oxygens (including phenoxy) is 1. The van der Waals surface area contributed by atoms with E-state index in [2.05, 4.69) is 277 Å². The molecule has 1 aliphatic heterocycles. The van der Waals surface area contributed by atoms with Gasteiger partial charge in [-0.2, -0.15) is 0 Å². The lowest BCUT2D eigenvalue weighted by Gasteiger charge is -2.35. The van der Waals surface area contributed by atoms with Crippen LogP contribution in [-0.4, -0.2) is 0 Å². The number of benzene rings is 12. The average Bonchev–Trinajstić information content (AvgIpc) is 4.15. The number of furan rings is 1. The smallest absolute Gasteiger partial charge is 0.159 e. The van der Waals surface area contributed by atoms with E-state index in [0.29, 0.717) is 0 Å². The van der Waals surface area contributed by atoms with Gasteiger partial charge in [-0.05, 0) is 123 Å². The molecule has 2 aliphatic rings. The van der Waals surface area contributed by atoms with Crippen LogP contribution >= 0.6 is 0 Å². The van der Waals surface area contributed by atoms with Crippen molar-refractivity contribution in [2.45, 2.75) is 5.41 Å². The van der Waals surface area contributed by atoms with Gasteiger partial charge >= 0.3 is 0 Å². The minimum atomic E-state index is -0.592. The molecule has 0 atom stereocenters. The van der Waals surface area contributed by atoms with Crippen molar-refractivity contribution >= 4 is 66.8 Å². The van der Waals surface area contributed by atoms with Crippen molar-refractivity contribution in [2.75, 3.05) is 9.80 Å². The number of hydrogen-bond acceptors (Lipinski definition) is 4. The Morgan fingerprint density at radius 2 is 0.907 bits per heavy atom. The van der Waals surface area contributed by atoms with Crippen LogP contribution in [0.5, 0.6) is 11.5 Å². The Morgan fingerprint density at radius 3 is 1.65 bits per heavy atom. The highest BCUT2D eigenvalue weighted by Crippen LogP contribution is 2.60. The summed E-state index contributed by atoms with van der Waals surface area (Å²) in [6, 6.07) is 101. The van der Waals surface area contributed by atoms with Crippen molar-refractivity contribution in [3.8, 4) is 44.9 Å². The average molecular weight is 959 g/mol. The Balaban J connectivity index is 0.967. The van der Waals surface area contributed by atoms with Gasteiger partial charge in [-0.1, -0.05) is 206 Å². The second-order valence-electron chi connectivity index (χ2n) is 19.5. The predicted octanol–water partition coefficient (Wildman–Crippen LogP) is 19.5. The summed E-state index contributed by atoms with van der Waals surface area (Å²) >= 11 is 0. The molecule has 4 heteroatoms. The van der Waals surface area contributed by atoms with E-state index in [9.17, 15) is 0 Å². The third-order valence-electron chi connectivity index (χ3n) is 15.5. The number of rotatable bonds is 9. The zero-order valence-corrected chi connectivity index (χ0v) is 40.8. The molecule has 13 aromatic rings. The first-order valence-corrected chi connectivity index (χ1v) is 25.7. The topological polar surface area (TPSA) is 28.9 Å². The number of para-hydroxylation sites is 4. The molecular formula is C71H46N2O2. The van der Waals surface area contributed by atoms with Crippen molar-refractivity contribution in [1.29, 1.82) is 0 Å². The van der Waals surface area contributed by atoms with Crippen molar-refractivity contribution < 1.29 is 9.15 Å². The molecule has 0 saturated heterocycles. The normalized spacial score (nSPS) is 12.7. The third kappa shape index (κ3) is 6.56. The van der Waals surface area contributed by atoms with Crippen molar-refractivity contribution in [3.05, 3.63) is 301 Å². The lowest BCUT2D eigenvalue weighted by Crippen LogP contribution is -2.28. The highest BCUT2D eigenvalue weighted by Gasteiger charge is 2.46. The fraction of sp³-hybridized carbons (Fsp3) is 0.0141. The van der Waals surface area contributed by atoms with Crippen molar-refractivity contribution in [3.63, 3.8) is 0 Å². The Labute approximate surface area is 435 Å². The molecule has 2 heterocycles. The van der Waals surface area contributed by atoms with E-state index < -0.39 is 5.41 Å². The van der Waals surface area contributed by atoms with Gasteiger partial charge in [0.1, 0.15) is 16.9 Å². The molecule has 0 bridgehead atoms. The molecule has 0 radical (unpaired) electrons. The lowest BCUT2D eigenvalue weighted by atomic mass is 9.67. The molecule has 12 aromatic carbocycles. The van der Waals surface area contributed by atoms with Gasteiger partial charge < -0.3 is 19.0 Å². The Morgan fingerprint density at radius 1 is 0.347 bits per heavy atom. The number of anilines is 6. The molecule has 0 spiro atoms. The molecule has 4 nitrogen and oxygen atoms in total. The standard InChI is InChI=1S/C71H46N2O2/c1-5-21-49(22-6-1)71(50-23-7-2-8-24-50)61-34-15-13-29-56(61)57-44-43-54(46-62(57)71)73(53-41-38-47(39-42-53)55-31-18-32-59-58-30-14-16-36-65(58)74-69(55)59)64-45-40-48-20-17-33-60-67(48)70(64)75-66-37-19-35-63(68(60)66)72(51-25-9-3-10-26-51)52-27-11-4-12-28-52/h1-46H. The second-order valence-corrected chi connectivity index (χ2v) is 19.5. The summed E-state index contributed by atoms with van der Waals surface area (Å²) in [7, 11) is 0. The molecule has 1 aromatic heterocycles. The first-order valence-electron chi connectivity index (χ1n) is 25.7. The predicted molar refractivity (Wildman–Crippen MR) is 309 cm³/mol. The minimum Gasteiger partial charge on any atom is -0.455 e. The van der Waals surface area contributed by atoms with E-state index in [-0.39, 0.29) is 0 Å². The van der Waals surface area contributed by atoms with Gasteiger partial charge in [0.25, 0.3) is 0 Å². The molecule has 352 valence electrons.